The molecule has 0 radical (unpaired) electrons. The molecule has 8 rings (SSSR count). The van der Waals surface area contributed by atoms with Gasteiger partial charge in [0.05, 0.1) is 6.54 Å². The molecule has 3 aromatic heterocycles. The number of hydrogen-bond acceptors (Lipinski definition) is 4. The third-order valence-electron chi connectivity index (χ3n) is 8.92. The highest BCUT2D eigenvalue weighted by Gasteiger charge is 2.14. The van der Waals surface area contributed by atoms with Crippen molar-refractivity contribution in [2.45, 2.75) is 6.54 Å². The number of nitrogens with one attached hydrogen (secondary N) is 3. The number of amides is 2. The molecule has 8 nitrogen and oxygen atoms in total. The first kappa shape index (κ1) is 30.1. The number of pyridine rings is 1. The molecule has 8 aromatic rings. The fourth-order valence-corrected chi connectivity index (χ4v) is 6.68. The minimum Gasteiger partial charge on any atom is -0.355 e. The van der Waals surface area contributed by atoms with Crippen molar-refractivity contribution in [2.24, 2.45) is 0 Å². The second-order valence-electron chi connectivity index (χ2n) is 12.7. The van der Waals surface area contributed by atoms with Gasteiger partial charge in [-0.2, -0.15) is 0 Å². The summed E-state index contributed by atoms with van der Waals surface area (Å²) in [7, 11) is 3.76. The molecular formula is C41H34N6O2. The summed E-state index contributed by atoms with van der Waals surface area (Å²) in [4.78, 5) is 34.6. The number of nitrogens with zero attached hydrogens (tertiary/aromatic N) is 3. The molecule has 3 N–H and O–H groups in total. The monoisotopic (exact) mass is 642 g/mol. The molecule has 0 aliphatic rings. The van der Waals surface area contributed by atoms with Gasteiger partial charge in [0.1, 0.15) is 0 Å². The Balaban J connectivity index is 1.11. The van der Waals surface area contributed by atoms with Crippen LogP contribution in [0.25, 0.3) is 54.7 Å². The Hall–Kier alpha value is -6.25. The third-order valence-corrected chi connectivity index (χ3v) is 8.92. The van der Waals surface area contributed by atoms with Gasteiger partial charge in [-0.3, -0.25) is 14.6 Å². The van der Waals surface area contributed by atoms with E-state index in [1.54, 1.807) is 24.5 Å². The first-order valence-corrected chi connectivity index (χ1v) is 16.2. The van der Waals surface area contributed by atoms with Crippen LogP contribution in [0.1, 0.15) is 15.9 Å². The van der Waals surface area contributed by atoms with Gasteiger partial charge in [0, 0.05) is 79.5 Å². The quantitative estimate of drug-likeness (QED) is 0.155. The van der Waals surface area contributed by atoms with Crippen LogP contribution in [0.15, 0.2) is 128 Å². The Labute approximate surface area is 283 Å². The van der Waals surface area contributed by atoms with E-state index in [0.29, 0.717) is 18.7 Å². The number of para-hydroxylation sites is 1. The summed E-state index contributed by atoms with van der Waals surface area (Å²) in [6.07, 6.45) is 3.24. The van der Waals surface area contributed by atoms with E-state index in [0.717, 1.165) is 66.1 Å². The summed E-state index contributed by atoms with van der Waals surface area (Å²) >= 11 is 0. The minimum atomic E-state index is -0.166. The van der Waals surface area contributed by atoms with Gasteiger partial charge in [0.2, 0.25) is 5.91 Å². The van der Waals surface area contributed by atoms with Crippen molar-refractivity contribution in [1.82, 2.24) is 19.4 Å². The van der Waals surface area contributed by atoms with E-state index in [4.69, 9.17) is 0 Å². The number of rotatable bonds is 8. The summed E-state index contributed by atoms with van der Waals surface area (Å²) in [6, 6.07) is 39.1. The Kier molecular flexibility index (Phi) is 7.62. The predicted octanol–water partition coefficient (Wildman–Crippen LogP) is 8.29. The molecule has 0 saturated carbocycles. The van der Waals surface area contributed by atoms with Crippen LogP contribution in [0.2, 0.25) is 0 Å². The van der Waals surface area contributed by atoms with Crippen LogP contribution < -0.4 is 10.6 Å². The fourth-order valence-electron chi connectivity index (χ4n) is 6.68. The van der Waals surface area contributed by atoms with Crippen LogP contribution >= 0.6 is 0 Å². The Morgan fingerprint density at radius 2 is 1.37 bits per heavy atom. The first-order valence-electron chi connectivity index (χ1n) is 16.2. The molecule has 0 aliphatic carbocycles. The van der Waals surface area contributed by atoms with Gasteiger partial charge >= 0.3 is 0 Å². The smallest absolute Gasteiger partial charge is 0.255 e. The van der Waals surface area contributed by atoms with Crippen molar-refractivity contribution < 1.29 is 9.59 Å². The van der Waals surface area contributed by atoms with Crippen molar-refractivity contribution in [3.05, 3.63) is 139 Å². The highest BCUT2D eigenvalue weighted by Crippen LogP contribution is 2.34. The zero-order valence-corrected chi connectivity index (χ0v) is 27.2. The van der Waals surface area contributed by atoms with Crippen LogP contribution in [-0.4, -0.2) is 51.9 Å². The molecule has 0 bridgehead atoms. The number of carbonyl (C=O) groups excluding carboxylic acids is 2. The SMILES string of the molecule is CN(C)CC(=O)Nc1ccc2[nH]c3ccc(-c4cccc(Cn5c6ccccc6c6cc(NC(=O)c7ccncc7)ccc65)c4)cc3c2c1. The Bertz CT molecular complexity index is 2530. The largest absolute Gasteiger partial charge is 0.355 e. The van der Waals surface area contributed by atoms with Crippen molar-refractivity contribution in [2.75, 3.05) is 31.3 Å². The molecule has 0 spiro atoms. The minimum absolute atomic E-state index is 0.0434. The van der Waals surface area contributed by atoms with Crippen molar-refractivity contribution in [3.8, 4) is 11.1 Å². The van der Waals surface area contributed by atoms with Crippen molar-refractivity contribution >= 4 is 66.8 Å². The van der Waals surface area contributed by atoms with Crippen LogP contribution in [0, 0.1) is 0 Å². The van der Waals surface area contributed by atoms with Crippen LogP contribution in [-0.2, 0) is 11.3 Å². The van der Waals surface area contributed by atoms with Gasteiger partial charge in [-0.1, -0.05) is 42.5 Å². The number of fused-ring (bicyclic) bond motifs is 6. The van der Waals surface area contributed by atoms with Gasteiger partial charge < -0.3 is 25.1 Å². The maximum absolute atomic E-state index is 12.9. The number of hydrogen-bond donors (Lipinski definition) is 3. The molecule has 240 valence electrons. The lowest BCUT2D eigenvalue weighted by Gasteiger charge is -2.11. The Morgan fingerprint density at radius 1 is 0.673 bits per heavy atom. The molecule has 0 saturated heterocycles. The number of H-pyrrole nitrogens is 1. The second kappa shape index (κ2) is 12.4. The van der Waals surface area contributed by atoms with Crippen molar-refractivity contribution in [3.63, 3.8) is 0 Å². The normalized spacial score (nSPS) is 11.6. The summed E-state index contributed by atoms with van der Waals surface area (Å²) in [5.74, 6) is -0.210. The van der Waals surface area contributed by atoms with Gasteiger partial charge in [0.25, 0.3) is 5.91 Å². The second-order valence-corrected chi connectivity index (χ2v) is 12.7. The number of likely N-dealkylation sites (N-methyl/N-ethyl adjacent to an activating group) is 1. The van der Waals surface area contributed by atoms with E-state index >= 15 is 0 Å². The molecular weight excluding hydrogens is 608 g/mol. The maximum atomic E-state index is 12.9. The first-order chi connectivity index (χ1) is 23.9. The lowest BCUT2D eigenvalue weighted by molar-refractivity contribution is -0.116. The topological polar surface area (TPSA) is 95.0 Å². The number of anilines is 2. The number of aromatic nitrogens is 3. The molecule has 5 aromatic carbocycles. The van der Waals surface area contributed by atoms with E-state index in [1.807, 2.05) is 43.3 Å². The number of benzene rings is 5. The maximum Gasteiger partial charge on any atom is 0.255 e. The zero-order chi connectivity index (χ0) is 33.5. The van der Waals surface area contributed by atoms with E-state index in [-0.39, 0.29) is 11.8 Å². The molecule has 49 heavy (non-hydrogen) atoms. The molecule has 0 aliphatic heterocycles. The molecule has 3 heterocycles. The highest BCUT2D eigenvalue weighted by molar-refractivity contribution is 6.12. The molecule has 0 atom stereocenters. The van der Waals surface area contributed by atoms with Crippen LogP contribution in [0.5, 0.6) is 0 Å². The lowest BCUT2D eigenvalue weighted by atomic mass is 10.0. The van der Waals surface area contributed by atoms with Gasteiger partial charge in [-0.25, -0.2) is 0 Å². The zero-order valence-electron chi connectivity index (χ0n) is 27.2. The molecule has 0 fully saturated rings. The van der Waals surface area contributed by atoms with Gasteiger partial charge in [-0.05, 0) is 104 Å². The summed E-state index contributed by atoms with van der Waals surface area (Å²) in [6.45, 7) is 1.01. The van der Waals surface area contributed by atoms with E-state index < -0.39 is 0 Å². The predicted molar refractivity (Wildman–Crippen MR) is 199 cm³/mol. The van der Waals surface area contributed by atoms with Crippen molar-refractivity contribution in [1.29, 1.82) is 0 Å². The Morgan fingerprint density at radius 3 is 2.20 bits per heavy atom. The lowest BCUT2D eigenvalue weighted by Crippen LogP contribution is -2.27. The van der Waals surface area contributed by atoms with Crippen LogP contribution in [0.3, 0.4) is 0 Å². The van der Waals surface area contributed by atoms with Gasteiger partial charge in [0.15, 0.2) is 0 Å². The average Bonchev–Trinajstić information content (AvgIpc) is 3.63. The third kappa shape index (κ3) is 5.90. The van der Waals surface area contributed by atoms with Crippen LogP contribution in [0.4, 0.5) is 11.4 Å². The van der Waals surface area contributed by atoms with E-state index in [9.17, 15) is 9.59 Å². The molecule has 0 unspecified atom stereocenters. The average molecular weight is 643 g/mol. The van der Waals surface area contributed by atoms with E-state index in [2.05, 4.69) is 104 Å². The van der Waals surface area contributed by atoms with Gasteiger partial charge in [-0.15, -0.1) is 0 Å². The summed E-state index contributed by atoms with van der Waals surface area (Å²) < 4.78 is 2.34. The summed E-state index contributed by atoms with van der Waals surface area (Å²) in [5.41, 5.74) is 9.83. The standard InChI is InChI=1S/C41H34N6O2/c1-46(2)25-40(48)43-30-11-14-37-34(22-30)33-21-29(10-13-36(33)45-37)28-7-5-6-26(20-28)24-47-38-9-4-3-8-32(38)35-23-31(12-15-39(35)47)44-41(49)27-16-18-42-19-17-27/h3-23,45H,24-25H2,1-2H3,(H,43,48)(H,44,49). The van der Waals surface area contributed by atoms with E-state index in [1.165, 1.54) is 5.56 Å². The highest BCUT2D eigenvalue weighted by atomic mass is 16.2. The number of aromatic amines is 1. The number of carbonyl (C=O) groups is 2. The fraction of sp³-hybridized carbons (Fsp3) is 0.0976. The molecule has 2 amide bonds. The summed E-state index contributed by atoms with van der Waals surface area (Å²) in [5, 5.41) is 10.5. The molecule has 8 heteroatoms.